The zero-order valence-corrected chi connectivity index (χ0v) is 12.9. The van der Waals surface area contributed by atoms with E-state index in [2.05, 4.69) is 10.3 Å². The van der Waals surface area contributed by atoms with E-state index in [1.807, 2.05) is 24.3 Å². The second kappa shape index (κ2) is 6.55. The Bertz CT molecular complexity index is 935. The van der Waals surface area contributed by atoms with Gasteiger partial charge in [0.05, 0.1) is 20.8 Å². The first-order valence-electron chi connectivity index (χ1n) is 6.81. The molecule has 8 heteroatoms. The number of halogens is 1. The number of non-ortho nitro benzene ring substituents is 1. The fraction of sp³-hybridized carbons (Fsp3) is 0. The molecule has 3 rings (SSSR count). The predicted octanol–water partition coefficient (Wildman–Crippen LogP) is 4.00. The van der Waals surface area contributed by atoms with Crippen molar-refractivity contribution in [2.45, 2.75) is 0 Å². The van der Waals surface area contributed by atoms with Crippen molar-refractivity contribution in [3.8, 4) is 0 Å². The number of fused-ring (bicyclic) bond motifs is 1. The minimum absolute atomic E-state index is 0.247. The second-order valence-corrected chi connectivity index (χ2v) is 5.83. The van der Waals surface area contributed by atoms with Gasteiger partial charge in [0.2, 0.25) is 5.91 Å². The molecule has 0 fully saturated rings. The van der Waals surface area contributed by atoms with Crippen LogP contribution in [0.5, 0.6) is 0 Å². The maximum atomic E-state index is 13.6. The number of nitrogens with one attached hydrogen (secondary N) is 1. The molecule has 120 valence electrons. The lowest BCUT2D eigenvalue weighted by Gasteiger charge is -2.03. The highest BCUT2D eigenvalue weighted by atomic mass is 32.1. The Labute approximate surface area is 139 Å². The van der Waals surface area contributed by atoms with Gasteiger partial charge < -0.3 is 5.32 Å². The number of para-hydroxylation sites is 1. The number of nitrogens with zero attached hydrogens (tertiary/aromatic N) is 2. The summed E-state index contributed by atoms with van der Waals surface area (Å²) in [5.41, 5.74) is 0.275. The van der Waals surface area contributed by atoms with E-state index in [9.17, 15) is 19.3 Å². The van der Waals surface area contributed by atoms with Crippen molar-refractivity contribution in [3.05, 3.63) is 69.5 Å². The normalized spacial score (nSPS) is 11.0. The molecule has 0 unspecified atom stereocenters. The molecule has 24 heavy (non-hydrogen) atoms. The summed E-state index contributed by atoms with van der Waals surface area (Å²) in [7, 11) is 0. The average Bonchev–Trinajstić information content (AvgIpc) is 2.97. The molecule has 0 spiro atoms. The van der Waals surface area contributed by atoms with E-state index in [1.165, 1.54) is 23.5 Å². The number of thiazole rings is 1. The summed E-state index contributed by atoms with van der Waals surface area (Å²) < 4.78 is 14.6. The van der Waals surface area contributed by atoms with Crippen molar-refractivity contribution >= 4 is 44.9 Å². The lowest BCUT2D eigenvalue weighted by Crippen LogP contribution is -2.09. The van der Waals surface area contributed by atoms with E-state index in [0.717, 1.165) is 28.4 Å². The number of rotatable bonds is 4. The predicted molar refractivity (Wildman–Crippen MR) is 90.3 cm³/mol. The number of amides is 1. The number of carbonyl (C=O) groups excluding carboxylic acids is 1. The summed E-state index contributed by atoms with van der Waals surface area (Å²) in [5, 5.41) is 13.6. The van der Waals surface area contributed by atoms with Crippen LogP contribution in [-0.2, 0) is 4.79 Å². The van der Waals surface area contributed by atoms with Crippen molar-refractivity contribution in [1.82, 2.24) is 4.98 Å². The largest absolute Gasteiger partial charge is 0.320 e. The molecule has 3 aromatic rings. The van der Waals surface area contributed by atoms with Gasteiger partial charge in [0.15, 0.2) is 0 Å². The molecule has 0 aliphatic heterocycles. The first-order valence-corrected chi connectivity index (χ1v) is 7.63. The second-order valence-electron chi connectivity index (χ2n) is 4.76. The highest BCUT2D eigenvalue weighted by molar-refractivity contribution is 7.19. The van der Waals surface area contributed by atoms with Crippen molar-refractivity contribution in [1.29, 1.82) is 0 Å². The van der Waals surface area contributed by atoms with E-state index in [-0.39, 0.29) is 11.4 Å². The maximum Gasteiger partial charge on any atom is 0.271 e. The standard InChI is InChI=1S/C16H10FN3O3S/c17-11-6-5-10(20(22)23)9-13(11)18-15(21)7-8-16-19-12-3-1-2-4-14(12)24-16/h1-9H,(H,18,21). The third-order valence-corrected chi connectivity index (χ3v) is 4.11. The van der Waals surface area contributed by atoms with Crippen LogP contribution in [0.25, 0.3) is 16.3 Å². The average molecular weight is 343 g/mol. The molecule has 0 aliphatic rings. The molecule has 2 aromatic carbocycles. The minimum atomic E-state index is -0.748. The van der Waals surface area contributed by atoms with Crippen LogP contribution in [0.15, 0.2) is 48.5 Å². The first kappa shape index (κ1) is 15.8. The molecule has 0 radical (unpaired) electrons. The third-order valence-electron chi connectivity index (χ3n) is 3.11. The Balaban J connectivity index is 1.75. The number of nitro groups is 1. The van der Waals surface area contributed by atoms with Gasteiger partial charge in [-0.3, -0.25) is 14.9 Å². The molecule has 0 atom stereocenters. The van der Waals surface area contributed by atoms with E-state index < -0.39 is 16.6 Å². The highest BCUT2D eigenvalue weighted by Gasteiger charge is 2.12. The van der Waals surface area contributed by atoms with Crippen LogP contribution in [0.2, 0.25) is 0 Å². The monoisotopic (exact) mass is 343 g/mol. The number of aromatic nitrogens is 1. The van der Waals surface area contributed by atoms with Crippen LogP contribution in [-0.4, -0.2) is 15.8 Å². The van der Waals surface area contributed by atoms with Gasteiger partial charge in [-0.05, 0) is 24.3 Å². The van der Waals surface area contributed by atoms with Crippen LogP contribution in [0.1, 0.15) is 5.01 Å². The number of hydrogen-bond acceptors (Lipinski definition) is 5. The zero-order valence-electron chi connectivity index (χ0n) is 12.1. The molecule has 1 amide bonds. The van der Waals surface area contributed by atoms with Crippen molar-refractivity contribution in [2.24, 2.45) is 0 Å². The van der Waals surface area contributed by atoms with Crippen molar-refractivity contribution < 1.29 is 14.1 Å². The Hall–Kier alpha value is -3.13. The van der Waals surface area contributed by atoms with Gasteiger partial charge in [-0.1, -0.05) is 12.1 Å². The molecular weight excluding hydrogens is 333 g/mol. The van der Waals surface area contributed by atoms with Crippen LogP contribution >= 0.6 is 11.3 Å². The third kappa shape index (κ3) is 3.44. The van der Waals surface area contributed by atoms with Gasteiger partial charge in [-0.15, -0.1) is 11.3 Å². The van der Waals surface area contributed by atoms with Crippen molar-refractivity contribution in [3.63, 3.8) is 0 Å². The summed E-state index contributed by atoms with van der Waals surface area (Å²) in [6.45, 7) is 0. The molecule has 0 bridgehead atoms. The zero-order chi connectivity index (χ0) is 17.1. The van der Waals surface area contributed by atoms with Crippen LogP contribution in [0.3, 0.4) is 0 Å². The molecule has 0 saturated carbocycles. The maximum absolute atomic E-state index is 13.6. The van der Waals surface area contributed by atoms with Crippen LogP contribution < -0.4 is 5.32 Å². The summed E-state index contributed by atoms with van der Waals surface area (Å²) in [6.07, 6.45) is 2.71. The number of benzene rings is 2. The van der Waals surface area contributed by atoms with Crippen molar-refractivity contribution in [2.75, 3.05) is 5.32 Å². The van der Waals surface area contributed by atoms with E-state index in [1.54, 1.807) is 0 Å². The quantitative estimate of drug-likeness (QED) is 0.441. The molecule has 0 saturated heterocycles. The van der Waals surface area contributed by atoms with Gasteiger partial charge in [0.25, 0.3) is 5.69 Å². The van der Waals surface area contributed by atoms with Crippen LogP contribution in [0.4, 0.5) is 15.8 Å². The van der Waals surface area contributed by atoms with E-state index >= 15 is 0 Å². The fourth-order valence-electron chi connectivity index (χ4n) is 2.01. The summed E-state index contributed by atoms with van der Waals surface area (Å²) in [4.78, 5) is 26.2. The minimum Gasteiger partial charge on any atom is -0.320 e. The van der Waals surface area contributed by atoms with Gasteiger partial charge in [0.1, 0.15) is 10.8 Å². The van der Waals surface area contributed by atoms with Gasteiger partial charge in [-0.25, -0.2) is 9.37 Å². The first-order chi connectivity index (χ1) is 11.5. The van der Waals surface area contributed by atoms with E-state index in [0.29, 0.717) is 5.01 Å². The summed E-state index contributed by atoms with van der Waals surface area (Å²) >= 11 is 1.41. The smallest absolute Gasteiger partial charge is 0.271 e. The van der Waals surface area contributed by atoms with Gasteiger partial charge in [0, 0.05) is 18.2 Å². The summed E-state index contributed by atoms with van der Waals surface area (Å²) in [5.74, 6) is -1.35. The molecule has 0 aliphatic carbocycles. The number of hydrogen-bond donors (Lipinski definition) is 1. The molecular formula is C16H10FN3O3S. The number of carbonyl (C=O) groups is 1. The Morgan fingerprint density at radius 3 is 2.83 bits per heavy atom. The van der Waals surface area contributed by atoms with Crippen LogP contribution in [0, 0.1) is 15.9 Å². The molecule has 1 N–H and O–H groups in total. The number of anilines is 1. The lowest BCUT2D eigenvalue weighted by molar-refractivity contribution is -0.384. The fourth-order valence-corrected chi connectivity index (χ4v) is 2.88. The van der Waals surface area contributed by atoms with Gasteiger partial charge >= 0.3 is 0 Å². The molecule has 1 heterocycles. The SMILES string of the molecule is O=C(C=Cc1nc2ccccc2s1)Nc1cc([N+](=O)[O-])ccc1F. The molecule has 1 aromatic heterocycles. The summed E-state index contributed by atoms with van der Waals surface area (Å²) in [6, 6.07) is 10.5. The Morgan fingerprint density at radius 2 is 2.08 bits per heavy atom. The van der Waals surface area contributed by atoms with E-state index in [4.69, 9.17) is 0 Å². The Morgan fingerprint density at radius 1 is 1.29 bits per heavy atom. The van der Waals surface area contributed by atoms with Gasteiger partial charge in [-0.2, -0.15) is 0 Å². The number of nitro benzene ring substituents is 1. The Kier molecular flexibility index (Phi) is 4.30. The lowest BCUT2D eigenvalue weighted by atomic mass is 10.2. The highest BCUT2D eigenvalue weighted by Crippen LogP contribution is 2.23. The molecule has 6 nitrogen and oxygen atoms in total. The topological polar surface area (TPSA) is 85.1 Å².